The van der Waals surface area contributed by atoms with Crippen molar-refractivity contribution in [2.45, 2.75) is 26.8 Å². The molecule has 0 amide bonds. The highest BCUT2D eigenvalue weighted by atomic mass is 79.9. The van der Waals surface area contributed by atoms with Crippen molar-refractivity contribution >= 4 is 27.3 Å². The predicted molar refractivity (Wildman–Crippen MR) is 88.8 cm³/mol. The fourth-order valence-corrected chi connectivity index (χ4v) is 2.60. The second-order valence-electron chi connectivity index (χ2n) is 5.15. The van der Waals surface area contributed by atoms with Crippen molar-refractivity contribution in [3.8, 4) is 0 Å². The Labute approximate surface area is 132 Å². The lowest BCUT2D eigenvalue weighted by Gasteiger charge is -2.17. The van der Waals surface area contributed by atoms with Crippen molar-refractivity contribution in [3.05, 3.63) is 67.7 Å². The zero-order valence-corrected chi connectivity index (χ0v) is 13.8. The quantitative estimate of drug-likeness (QED) is 0.614. The van der Waals surface area contributed by atoms with Gasteiger partial charge in [-0.2, -0.15) is 0 Å². The molecule has 0 aliphatic heterocycles. The molecule has 2 rings (SSSR count). The lowest BCUT2D eigenvalue weighted by molar-refractivity contribution is -0.385. The monoisotopic (exact) mass is 348 g/mol. The number of benzene rings is 2. The van der Waals surface area contributed by atoms with Crippen molar-refractivity contribution in [2.75, 3.05) is 5.32 Å². The van der Waals surface area contributed by atoms with E-state index in [1.54, 1.807) is 19.1 Å². The minimum atomic E-state index is -0.368. The third-order valence-electron chi connectivity index (χ3n) is 3.43. The summed E-state index contributed by atoms with van der Waals surface area (Å²) in [4.78, 5) is 10.6. The van der Waals surface area contributed by atoms with Crippen LogP contribution in [0.15, 0.2) is 40.9 Å². The summed E-state index contributed by atoms with van der Waals surface area (Å²) in [5.41, 5.74) is 4.00. The lowest BCUT2D eigenvalue weighted by Crippen LogP contribution is -2.07. The smallest absolute Gasteiger partial charge is 0.273 e. The van der Waals surface area contributed by atoms with Gasteiger partial charge in [-0.25, -0.2) is 0 Å². The van der Waals surface area contributed by atoms with E-state index < -0.39 is 0 Å². The maximum absolute atomic E-state index is 10.9. The molecule has 110 valence electrons. The average Bonchev–Trinajstić information content (AvgIpc) is 2.42. The van der Waals surface area contributed by atoms with Crippen LogP contribution in [0.3, 0.4) is 0 Å². The molecule has 2 aromatic rings. The van der Waals surface area contributed by atoms with Crippen LogP contribution < -0.4 is 5.32 Å². The van der Waals surface area contributed by atoms with Crippen LogP contribution in [-0.2, 0) is 0 Å². The number of rotatable bonds is 4. The standard InChI is InChI=1S/C16H17BrN2O2/c1-10-4-6-13(7-5-10)12(3)18-15-8-11(2)16(19(20)21)9-14(15)17/h4-9,12,18H,1-3H3. The molecule has 0 aliphatic carbocycles. The third kappa shape index (κ3) is 3.61. The van der Waals surface area contributed by atoms with E-state index in [-0.39, 0.29) is 16.7 Å². The van der Waals surface area contributed by atoms with Gasteiger partial charge in [0.05, 0.1) is 4.92 Å². The average molecular weight is 349 g/mol. The van der Waals surface area contributed by atoms with E-state index >= 15 is 0 Å². The first kappa shape index (κ1) is 15.5. The normalized spacial score (nSPS) is 12.0. The molecule has 0 fully saturated rings. The van der Waals surface area contributed by atoms with Crippen LogP contribution in [0.4, 0.5) is 11.4 Å². The highest BCUT2D eigenvalue weighted by Crippen LogP contribution is 2.32. The summed E-state index contributed by atoms with van der Waals surface area (Å²) >= 11 is 3.40. The summed E-state index contributed by atoms with van der Waals surface area (Å²) in [5, 5.41) is 14.3. The molecule has 0 radical (unpaired) electrons. The van der Waals surface area contributed by atoms with Crippen LogP contribution >= 0.6 is 15.9 Å². The summed E-state index contributed by atoms with van der Waals surface area (Å²) in [6, 6.07) is 11.8. The maximum Gasteiger partial charge on any atom is 0.273 e. The Morgan fingerprint density at radius 1 is 1.19 bits per heavy atom. The molecular weight excluding hydrogens is 332 g/mol. The number of nitro benzene ring substituents is 1. The van der Waals surface area contributed by atoms with E-state index in [0.717, 1.165) is 5.69 Å². The molecule has 1 unspecified atom stereocenters. The fourth-order valence-electron chi connectivity index (χ4n) is 2.15. The largest absolute Gasteiger partial charge is 0.378 e. The van der Waals surface area contributed by atoms with Gasteiger partial charge in [0.15, 0.2) is 0 Å². The number of nitrogens with one attached hydrogen (secondary N) is 1. The van der Waals surface area contributed by atoms with E-state index in [0.29, 0.717) is 10.0 Å². The number of hydrogen-bond donors (Lipinski definition) is 1. The van der Waals surface area contributed by atoms with Gasteiger partial charge in [0.2, 0.25) is 0 Å². The Morgan fingerprint density at radius 2 is 1.81 bits per heavy atom. The zero-order valence-electron chi connectivity index (χ0n) is 12.2. The van der Waals surface area contributed by atoms with Crippen LogP contribution in [0.2, 0.25) is 0 Å². The molecule has 0 saturated heterocycles. The summed E-state index contributed by atoms with van der Waals surface area (Å²) in [6.45, 7) is 5.86. The van der Waals surface area contributed by atoms with Gasteiger partial charge in [-0.15, -0.1) is 0 Å². The molecule has 1 N–H and O–H groups in total. The minimum absolute atomic E-state index is 0.114. The summed E-state index contributed by atoms with van der Waals surface area (Å²) in [7, 11) is 0. The van der Waals surface area contributed by atoms with Crippen molar-refractivity contribution in [3.63, 3.8) is 0 Å². The number of hydrogen-bond acceptors (Lipinski definition) is 3. The second kappa shape index (κ2) is 6.26. The topological polar surface area (TPSA) is 55.2 Å². The van der Waals surface area contributed by atoms with Crippen LogP contribution in [0.5, 0.6) is 0 Å². The van der Waals surface area contributed by atoms with Crippen LogP contribution in [0.1, 0.15) is 29.7 Å². The predicted octanol–water partition coefficient (Wildman–Crippen LogP) is 5.15. The van der Waals surface area contributed by atoms with E-state index in [1.807, 2.05) is 0 Å². The number of nitrogens with zero attached hydrogens (tertiary/aromatic N) is 1. The molecule has 0 aliphatic rings. The molecule has 0 bridgehead atoms. The minimum Gasteiger partial charge on any atom is -0.378 e. The zero-order chi connectivity index (χ0) is 15.6. The molecule has 0 saturated carbocycles. The Morgan fingerprint density at radius 3 is 2.38 bits per heavy atom. The molecule has 0 aromatic heterocycles. The van der Waals surface area contributed by atoms with Gasteiger partial charge < -0.3 is 5.32 Å². The summed E-state index contributed by atoms with van der Waals surface area (Å²) < 4.78 is 0.693. The molecule has 1 atom stereocenters. The molecule has 2 aromatic carbocycles. The third-order valence-corrected chi connectivity index (χ3v) is 4.09. The number of nitro groups is 1. The van der Waals surface area contributed by atoms with Gasteiger partial charge in [-0.3, -0.25) is 10.1 Å². The lowest BCUT2D eigenvalue weighted by atomic mass is 10.1. The van der Waals surface area contributed by atoms with Gasteiger partial charge >= 0.3 is 0 Å². The number of aryl methyl sites for hydroxylation is 2. The van der Waals surface area contributed by atoms with Crippen LogP contribution in [-0.4, -0.2) is 4.92 Å². The highest BCUT2D eigenvalue weighted by molar-refractivity contribution is 9.10. The van der Waals surface area contributed by atoms with E-state index in [1.165, 1.54) is 11.1 Å². The van der Waals surface area contributed by atoms with E-state index in [4.69, 9.17) is 0 Å². The molecule has 0 heterocycles. The maximum atomic E-state index is 10.9. The first-order valence-electron chi connectivity index (χ1n) is 6.66. The number of anilines is 1. The van der Waals surface area contributed by atoms with Crippen molar-refractivity contribution in [2.24, 2.45) is 0 Å². The second-order valence-corrected chi connectivity index (χ2v) is 6.01. The van der Waals surface area contributed by atoms with Gasteiger partial charge in [0.1, 0.15) is 0 Å². The summed E-state index contributed by atoms with van der Waals surface area (Å²) in [6.07, 6.45) is 0. The van der Waals surface area contributed by atoms with Gasteiger partial charge in [0, 0.05) is 27.8 Å². The van der Waals surface area contributed by atoms with E-state index in [2.05, 4.69) is 59.4 Å². The molecule has 5 heteroatoms. The molecular formula is C16H17BrN2O2. The molecule has 21 heavy (non-hydrogen) atoms. The molecule has 0 spiro atoms. The van der Waals surface area contributed by atoms with Crippen LogP contribution in [0, 0.1) is 24.0 Å². The van der Waals surface area contributed by atoms with Crippen LogP contribution in [0.25, 0.3) is 0 Å². The molecule has 4 nitrogen and oxygen atoms in total. The summed E-state index contributed by atoms with van der Waals surface area (Å²) in [5.74, 6) is 0. The van der Waals surface area contributed by atoms with Crippen molar-refractivity contribution in [1.82, 2.24) is 0 Å². The van der Waals surface area contributed by atoms with Gasteiger partial charge in [-0.05, 0) is 48.3 Å². The van der Waals surface area contributed by atoms with Gasteiger partial charge in [0.25, 0.3) is 5.69 Å². The van der Waals surface area contributed by atoms with Gasteiger partial charge in [-0.1, -0.05) is 29.8 Å². The number of halogens is 1. The van der Waals surface area contributed by atoms with E-state index in [9.17, 15) is 10.1 Å². The Kier molecular flexibility index (Phi) is 4.63. The highest BCUT2D eigenvalue weighted by Gasteiger charge is 2.15. The Hall–Kier alpha value is -1.88. The Balaban J connectivity index is 2.25. The Bertz CT molecular complexity index is 669. The first-order valence-corrected chi connectivity index (χ1v) is 7.45. The SMILES string of the molecule is Cc1ccc(C(C)Nc2cc(C)c([N+](=O)[O-])cc2Br)cc1. The van der Waals surface area contributed by atoms with Crippen molar-refractivity contribution < 1.29 is 4.92 Å². The van der Waals surface area contributed by atoms with Crippen molar-refractivity contribution in [1.29, 1.82) is 0 Å². The fraction of sp³-hybridized carbons (Fsp3) is 0.250. The first-order chi connectivity index (χ1) is 9.88.